The standard InChI is InChI=1S/C7H10N4O2/c1-8-6(12)4-9-7(13)5-2-3-10-11-5/h2-3H,4H2,1H3,(H,8,12)(H,9,13)(H,10,11). The molecule has 1 aromatic rings. The number of nitrogens with one attached hydrogen (secondary N) is 3. The van der Waals surface area contributed by atoms with Crippen LogP contribution in [0.25, 0.3) is 0 Å². The molecular weight excluding hydrogens is 172 g/mol. The zero-order chi connectivity index (χ0) is 9.68. The van der Waals surface area contributed by atoms with Crippen LogP contribution in [0.4, 0.5) is 0 Å². The summed E-state index contributed by atoms with van der Waals surface area (Å²) in [4.78, 5) is 21.9. The summed E-state index contributed by atoms with van der Waals surface area (Å²) in [5, 5.41) is 10.9. The molecule has 0 aliphatic heterocycles. The van der Waals surface area contributed by atoms with Gasteiger partial charge in [-0.1, -0.05) is 0 Å². The Morgan fingerprint density at radius 2 is 2.38 bits per heavy atom. The molecule has 0 aliphatic carbocycles. The predicted octanol–water partition coefficient (Wildman–Crippen LogP) is -1.11. The molecular formula is C7H10N4O2. The monoisotopic (exact) mass is 182 g/mol. The molecule has 0 atom stereocenters. The van der Waals surface area contributed by atoms with Gasteiger partial charge in [0.2, 0.25) is 5.91 Å². The van der Waals surface area contributed by atoms with Crippen molar-refractivity contribution in [2.45, 2.75) is 0 Å². The van der Waals surface area contributed by atoms with E-state index in [0.29, 0.717) is 5.69 Å². The third-order valence-corrected chi connectivity index (χ3v) is 1.43. The highest BCUT2D eigenvalue weighted by Gasteiger charge is 2.06. The van der Waals surface area contributed by atoms with E-state index in [-0.39, 0.29) is 18.4 Å². The van der Waals surface area contributed by atoms with Crippen LogP contribution >= 0.6 is 0 Å². The molecule has 0 aromatic carbocycles. The first-order chi connectivity index (χ1) is 6.24. The minimum Gasteiger partial charge on any atom is -0.358 e. The molecule has 13 heavy (non-hydrogen) atoms. The van der Waals surface area contributed by atoms with Crippen LogP contribution in [0.15, 0.2) is 12.3 Å². The molecule has 3 N–H and O–H groups in total. The lowest BCUT2D eigenvalue weighted by Crippen LogP contribution is -2.35. The second-order valence-corrected chi connectivity index (χ2v) is 2.33. The molecule has 0 spiro atoms. The molecule has 0 saturated heterocycles. The van der Waals surface area contributed by atoms with Crippen LogP contribution < -0.4 is 10.6 Å². The number of carbonyl (C=O) groups is 2. The Labute approximate surface area is 74.7 Å². The number of nitrogens with zero attached hydrogens (tertiary/aromatic N) is 1. The maximum atomic E-state index is 11.2. The van der Waals surface area contributed by atoms with Crippen molar-refractivity contribution in [1.82, 2.24) is 20.8 Å². The highest BCUT2D eigenvalue weighted by atomic mass is 16.2. The van der Waals surface area contributed by atoms with E-state index in [1.165, 1.54) is 19.3 Å². The molecule has 0 radical (unpaired) electrons. The summed E-state index contributed by atoms with van der Waals surface area (Å²) in [6.45, 7) is -0.0334. The van der Waals surface area contributed by atoms with Crippen molar-refractivity contribution in [2.24, 2.45) is 0 Å². The van der Waals surface area contributed by atoms with Crippen molar-refractivity contribution in [2.75, 3.05) is 13.6 Å². The number of amides is 2. The zero-order valence-electron chi connectivity index (χ0n) is 7.13. The van der Waals surface area contributed by atoms with Crippen molar-refractivity contribution >= 4 is 11.8 Å². The van der Waals surface area contributed by atoms with Gasteiger partial charge < -0.3 is 10.6 Å². The Balaban J connectivity index is 2.39. The average Bonchev–Trinajstić information content (AvgIpc) is 2.66. The van der Waals surface area contributed by atoms with Gasteiger partial charge >= 0.3 is 0 Å². The zero-order valence-corrected chi connectivity index (χ0v) is 7.13. The lowest BCUT2D eigenvalue weighted by atomic mass is 10.4. The second-order valence-electron chi connectivity index (χ2n) is 2.33. The van der Waals surface area contributed by atoms with E-state index in [4.69, 9.17) is 0 Å². The average molecular weight is 182 g/mol. The van der Waals surface area contributed by atoms with E-state index in [1.54, 1.807) is 0 Å². The summed E-state index contributed by atoms with van der Waals surface area (Å²) in [6.07, 6.45) is 1.47. The number of carbonyl (C=O) groups excluding carboxylic acids is 2. The topological polar surface area (TPSA) is 86.9 Å². The van der Waals surface area contributed by atoms with Crippen molar-refractivity contribution in [3.63, 3.8) is 0 Å². The first-order valence-corrected chi connectivity index (χ1v) is 3.72. The maximum Gasteiger partial charge on any atom is 0.269 e. The van der Waals surface area contributed by atoms with Crippen LogP contribution in [-0.2, 0) is 4.79 Å². The fourth-order valence-corrected chi connectivity index (χ4v) is 0.727. The van der Waals surface area contributed by atoms with Crippen molar-refractivity contribution in [1.29, 1.82) is 0 Å². The van der Waals surface area contributed by atoms with Crippen LogP contribution in [0.3, 0.4) is 0 Å². The molecule has 2 amide bonds. The van der Waals surface area contributed by atoms with Crippen LogP contribution in [0.5, 0.6) is 0 Å². The fraction of sp³-hybridized carbons (Fsp3) is 0.286. The number of aromatic nitrogens is 2. The van der Waals surface area contributed by atoms with Gasteiger partial charge in [-0.25, -0.2) is 0 Å². The van der Waals surface area contributed by atoms with Crippen molar-refractivity contribution in [3.05, 3.63) is 18.0 Å². The molecule has 1 aromatic heterocycles. The Morgan fingerprint density at radius 3 is 2.92 bits per heavy atom. The molecule has 0 saturated carbocycles. The molecule has 6 nitrogen and oxygen atoms in total. The van der Waals surface area contributed by atoms with Crippen LogP contribution in [0, 0.1) is 0 Å². The molecule has 0 unspecified atom stereocenters. The van der Waals surface area contributed by atoms with E-state index in [0.717, 1.165) is 0 Å². The van der Waals surface area contributed by atoms with Crippen LogP contribution in [0.1, 0.15) is 10.5 Å². The van der Waals surface area contributed by atoms with Crippen molar-refractivity contribution < 1.29 is 9.59 Å². The van der Waals surface area contributed by atoms with E-state index in [9.17, 15) is 9.59 Å². The van der Waals surface area contributed by atoms with Gasteiger partial charge in [-0.3, -0.25) is 14.7 Å². The minimum absolute atomic E-state index is 0.0334. The Morgan fingerprint density at radius 1 is 1.62 bits per heavy atom. The summed E-state index contributed by atoms with van der Waals surface area (Å²) in [7, 11) is 1.50. The molecule has 0 aliphatic rings. The first kappa shape index (κ1) is 9.24. The highest BCUT2D eigenvalue weighted by molar-refractivity contribution is 5.94. The Bertz CT molecular complexity index is 293. The first-order valence-electron chi connectivity index (χ1n) is 3.72. The SMILES string of the molecule is CNC(=O)CNC(=O)c1ccn[nH]1. The third-order valence-electron chi connectivity index (χ3n) is 1.43. The molecule has 0 bridgehead atoms. The van der Waals surface area contributed by atoms with E-state index < -0.39 is 0 Å². The van der Waals surface area contributed by atoms with Gasteiger partial charge in [-0.15, -0.1) is 0 Å². The van der Waals surface area contributed by atoms with Gasteiger partial charge in [0.15, 0.2) is 0 Å². The predicted molar refractivity (Wildman–Crippen MR) is 45.0 cm³/mol. The second kappa shape index (κ2) is 4.24. The number of H-pyrrole nitrogens is 1. The van der Waals surface area contributed by atoms with E-state index in [2.05, 4.69) is 20.8 Å². The quantitative estimate of drug-likeness (QED) is 0.553. The fourth-order valence-electron chi connectivity index (χ4n) is 0.727. The van der Waals surface area contributed by atoms with Gasteiger partial charge in [0.05, 0.1) is 6.54 Å². The molecule has 70 valence electrons. The third kappa shape index (κ3) is 2.58. The molecule has 0 fully saturated rings. The van der Waals surface area contributed by atoms with Crippen molar-refractivity contribution in [3.8, 4) is 0 Å². The summed E-state index contributed by atoms with van der Waals surface area (Å²) in [6, 6.07) is 1.53. The molecule has 1 heterocycles. The van der Waals surface area contributed by atoms with Gasteiger partial charge in [0.25, 0.3) is 5.91 Å². The Kier molecular flexibility index (Phi) is 3.02. The maximum absolute atomic E-state index is 11.2. The minimum atomic E-state index is -0.346. The normalized spacial score (nSPS) is 9.31. The number of rotatable bonds is 3. The lowest BCUT2D eigenvalue weighted by Gasteiger charge is -2.01. The number of likely N-dealkylation sites (N-methyl/N-ethyl adjacent to an activating group) is 1. The smallest absolute Gasteiger partial charge is 0.269 e. The largest absolute Gasteiger partial charge is 0.358 e. The molecule has 6 heteroatoms. The highest BCUT2D eigenvalue weighted by Crippen LogP contribution is 1.89. The van der Waals surface area contributed by atoms with Gasteiger partial charge in [0, 0.05) is 13.2 Å². The summed E-state index contributed by atoms with van der Waals surface area (Å²) < 4.78 is 0. The lowest BCUT2D eigenvalue weighted by molar-refractivity contribution is -0.119. The number of hydrogen-bond acceptors (Lipinski definition) is 3. The van der Waals surface area contributed by atoms with Gasteiger partial charge in [0.1, 0.15) is 5.69 Å². The summed E-state index contributed by atoms with van der Waals surface area (Å²) >= 11 is 0. The van der Waals surface area contributed by atoms with Gasteiger partial charge in [-0.05, 0) is 6.07 Å². The van der Waals surface area contributed by atoms with Crippen LogP contribution in [-0.4, -0.2) is 35.6 Å². The molecule has 1 rings (SSSR count). The Hall–Kier alpha value is -1.85. The summed E-state index contributed by atoms with van der Waals surface area (Å²) in [5.74, 6) is -0.589. The summed E-state index contributed by atoms with van der Waals surface area (Å²) in [5.41, 5.74) is 0.337. The van der Waals surface area contributed by atoms with Gasteiger partial charge in [-0.2, -0.15) is 5.10 Å². The van der Waals surface area contributed by atoms with E-state index in [1.807, 2.05) is 0 Å². The van der Waals surface area contributed by atoms with E-state index >= 15 is 0 Å². The van der Waals surface area contributed by atoms with Crippen LogP contribution in [0.2, 0.25) is 0 Å². The number of aromatic amines is 1. The number of hydrogen-bond donors (Lipinski definition) is 3.